The Kier molecular flexibility index (Phi) is 3.58. The lowest BCUT2D eigenvalue weighted by molar-refractivity contribution is 0.821. The van der Waals surface area contributed by atoms with Crippen LogP contribution < -0.4 is 5.73 Å². The fourth-order valence-electron chi connectivity index (χ4n) is 3.23. The Hall–Kier alpha value is -2.65. The number of imidazole rings is 1. The van der Waals surface area contributed by atoms with Gasteiger partial charge in [0.15, 0.2) is 0 Å². The second kappa shape index (κ2) is 5.77. The number of benzene rings is 1. The maximum atomic E-state index is 6.10. The molecule has 3 nitrogen and oxygen atoms in total. The Morgan fingerprint density at radius 3 is 2.67 bits per heavy atom. The topological polar surface area (TPSA) is 43.3 Å². The van der Waals surface area contributed by atoms with Crippen LogP contribution in [0, 0.1) is 6.92 Å². The summed E-state index contributed by atoms with van der Waals surface area (Å²) >= 11 is 0. The number of fused-ring (bicyclic) bond motifs is 1. The van der Waals surface area contributed by atoms with E-state index in [2.05, 4.69) is 78.0 Å². The van der Waals surface area contributed by atoms with Gasteiger partial charge in [0.05, 0.1) is 11.9 Å². The molecule has 0 radical (unpaired) electrons. The van der Waals surface area contributed by atoms with Crippen LogP contribution >= 0.6 is 0 Å². The third-order valence-corrected chi connectivity index (χ3v) is 4.68. The third kappa shape index (κ3) is 2.57. The molecule has 0 spiro atoms. The van der Waals surface area contributed by atoms with Crippen molar-refractivity contribution in [3.05, 3.63) is 77.8 Å². The van der Waals surface area contributed by atoms with Crippen LogP contribution in [0.5, 0.6) is 0 Å². The number of aromatic nitrogens is 2. The minimum absolute atomic E-state index is 0.0843. The first kappa shape index (κ1) is 14.9. The van der Waals surface area contributed by atoms with Crippen LogP contribution in [-0.4, -0.2) is 15.4 Å². The summed E-state index contributed by atoms with van der Waals surface area (Å²) in [6.07, 6.45) is 9.30. The molecule has 2 aromatic heterocycles. The van der Waals surface area contributed by atoms with Gasteiger partial charge in [0.1, 0.15) is 5.65 Å². The van der Waals surface area contributed by atoms with Crippen molar-refractivity contribution in [3.63, 3.8) is 0 Å². The zero-order valence-corrected chi connectivity index (χ0v) is 14.0. The van der Waals surface area contributed by atoms with E-state index in [1.54, 1.807) is 0 Å². The first-order valence-corrected chi connectivity index (χ1v) is 8.31. The van der Waals surface area contributed by atoms with Gasteiger partial charge in [-0.25, -0.2) is 4.98 Å². The van der Waals surface area contributed by atoms with Gasteiger partial charge in [-0.3, -0.25) is 4.40 Å². The van der Waals surface area contributed by atoms with Crippen LogP contribution in [0.2, 0.25) is 0 Å². The molecule has 1 unspecified atom stereocenters. The van der Waals surface area contributed by atoms with Gasteiger partial charge in [-0.15, -0.1) is 0 Å². The Labute approximate surface area is 142 Å². The van der Waals surface area contributed by atoms with E-state index >= 15 is 0 Å². The third-order valence-electron chi connectivity index (χ3n) is 4.68. The molecule has 3 heteroatoms. The normalized spacial score (nSPS) is 17.7. The number of hydrogen-bond donors (Lipinski definition) is 1. The fraction of sp³-hybridized carbons (Fsp3) is 0.190. The highest BCUT2D eigenvalue weighted by atomic mass is 15.0. The molecule has 1 aliphatic rings. The van der Waals surface area contributed by atoms with Crippen LogP contribution in [0.15, 0.2) is 66.5 Å². The number of nitrogens with zero attached hydrogens (tertiary/aromatic N) is 2. The van der Waals surface area contributed by atoms with Gasteiger partial charge < -0.3 is 5.73 Å². The summed E-state index contributed by atoms with van der Waals surface area (Å²) < 4.78 is 2.14. The van der Waals surface area contributed by atoms with Gasteiger partial charge in [-0.2, -0.15) is 0 Å². The average Bonchev–Trinajstić information content (AvgIpc) is 3.00. The zero-order chi connectivity index (χ0) is 16.7. The molecule has 1 aromatic carbocycles. The first-order valence-electron chi connectivity index (χ1n) is 8.31. The minimum atomic E-state index is 0.0843. The summed E-state index contributed by atoms with van der Waals surface area (Å²) in [5, 5.41) is 0. The predicted octanol–water partition coefficient (Wildman–Crippen LogP) is 4.37. The molecule has 2 heterocycles. The molecule has 0 fully saturated rings. The van der Waals surface area contributed by atoms with Crippen LogP contribution in [-0.2, 0) is 0 Å². The van der Waals surface area contributed by atoms with E-state index < -0.39 is 0 Å². The maximum absolute atomic E-state index is 6.10. The zero-order valence-electron chi connectivity index (χ0n) is 14.0. The highest BCUT2D eigenvalue weighted by Crippen LogP contribution is 2.29. The van der Waals surface area contributed by atoms with Crippen LogP contribution in [0.25, 0.3) is 22.3 Å². The Balaban J connectivity index is 1.79. The van der Waals surface area contributed by atoms with Crippen molar-refractivity contribution in [2.45, 2.75) is 26.3 Å². The van der Waals surface area contributed by atoms with Crippen molar-refractivity contribution in [1.29, 1.82) is 0 Å². The van der Waals surface area contributed by atoms with E-state index in [9.17, 15) is 0 Å². The van der Waals surface area contributed by atoms with Crippen LogP contribution in [0.3, 0.4) is 0 Å². The summed E-state index contributed by atoms with van der Waals surface area (Å²) in [4.78, 5) is 4.61. The lowest BCUT2D eigenvalue weighted by atomic mass is 9.94. The van der Waals surface area contributed by atoms with Gasteiger partial charge in [0.2, 0.25) is 0 Å². The Bertz CT molecular complexity index is 958. The van der Waals surface area contributed by atoms with E-state index in [4.69, 9.17) is 5.73 Å². The number of hydrogen-bond acceptors (Lipinski definition) is 2. The molecular formula is C21H21N3. The maximum Gasteiger partial charge on any atom is 0.137 e. The predicted molar refractivity (Wildman–Crippen MR) is 99.7 cm³/mol. The van der Waals surface area contributed by atoms with Gasteiger partial charge in [-0.05, 0) is 49.1 Å². The molecule has 1 atom stereocenters. The van der Waals surface area contributed by atoms with Crippen molar-refractivity contribution >= 4 is 11.2 Å². The number of allylic oxidation sites excluding steroid dienone is 2. The molecule has 2 N–H and O–H groups in total. The molecule has 1 aliphatic carbocycles. The number of rotatable bonds is 2. The van der Waals surface area contributed by atoms with Crippen molar-refractivity contribution in [2.75, 3.05) is 0 Å². The summed E-state index contributed by atoms with van der Waals surface area (Å²) in [6, 6.07) is 12.9. The molecule has 0 saturated heterocycles. The summed E-state index contributed by atoms with van der Waals surface area (Å²) in [5.74, 6) is 0. The van der Waals surface area contributed by atoms with E-state index in [0.717, 1.165) is 17.8 Å². The quantitative estimate of drug-likeness (QED) is 0.763. The monoisotopic (exact) mass is 315 g/mol. The van der Waals surface area contributed by atoms with Crippen molar-refractivity contribution < 1.29 is 0 Å². The van der Waals surface area contributed by atoms with Gasteiger partial charge in [0, 0.05) is 17.8 Å². The number of pyridine rings is 1. The second-order valence-electron chi connectivity index (χ2n) is 6.52. The molecule has 3 aromatic rings. The van der Waals surface area contributed by atoms with E-state index in [1.165, 1.54) is 27.8 Å². The van der Waals surface area contributed by atoms with E-state index in [1.807, 2.05) is 6.20 Å². The van der Waals surface area contributed by atoms with Gasteiger partial charge in [0.25, 0.3) is 0 Å². The molecule has 0 bridgehead atoms. The second-order valence-corrected chi connectivity index (χ2v) is 6.52. The van der Waals surface area contributed by atoms with Crippen molar-refractivity contribution in [1.82, 2.24) is 9.38 Å². The Morgan fingerprint density at radius 2 is 1.88 bits per heavy atom. The SMILES string of the molecule is CC1=CCC(N)C=C1c1cnc2cc(-c3ccc(C)cc3)ccn12. The summed E-state index contributed by atoms with van der Waals surface area (Å²) in [7, 11) is 0. The van der Waals surface area contributed by atoms with E-state index in [-0.39, 0.29) is 6.04 Å². The standard InChI is InChI=1S/C21H21N3/c1-14-3-6-16(7-4-14)17-9-10-24-20(13-23-21(24)11-17)19-12-18(22)8-5-15(19)2/h3-7,9-13,18H,8,22H2,1-2H3. The molecule has 0 aliphatic heterocycles. The minimum Gasteiger partial charge on any atom is -0.324 e. The summed E-state index contributed by atoms with van der Waals surface area (Å²) in [6.45, 7) is 4.24. The van der Waals surface area contributed by atoms with Crippen LogP contribution in [0.4, 0.5) is 0 Å². The highest BCUT2D eigenvalue weighted by molar-refractivity contribution is 5.80. The largest absolute Gasteiger partial charge is 0.324 e. The molecule has 4 rings (SSSR count). The smallest absolute Gasteiger partial charge is 0.137 e. The summed E-state index contributed by atoms with van der Waals surface area (Å²) in [5.41, 5.74) is 14.3. The Morgan fingerprint density at radius 1 is 1.08 bits per heavy atom. The lowest BCUT2D eigenvalue weighted by Gasteiger charge is -2.17. The fourth-order valence-corrected chi connectivity index (χ4v) is 3.23. The molecule has 0 saturated carbocycles. The number of nitrogens with two attached hydrogens (primary N) is 1. The molecule has 0 amide bonds. The van der Waals surface area contributed by atoms with Crippen molar-refractivity contribution in [3.8, 4) is 11.1 Å². The molecule has 120 valence electrons. The van der Waals surface area contributed by atoms with Crippen molar-refractivity contribution in [2.24, 2.45) is 5.73 Å². The highest BCUT2D eigenvalue weighted by Gasteiger charge is 2.15. The van der Waals surface area contributed by atoms with Crippen LogP contribution in [0.1, 0.15) is 24.6 Å². The average molecular weight is 315 g/mol. The van der Waals surface area contributed by atoms with Gasteiger partial charge in [-0.1, -0.05) is 42.0 Å². The number of aryl methyl sites for hydroxylation is 1. The lowest BCUT2D eigenvalue weighted by Crippen LogP contribution is -2.19. The first-order chi connectivity index (χ1) is 11.6. The van der Waals surface area contributed by atoms with E-state index in [0.29, 0.717) is 0 Å². The molecular weight excluding hydrogens is 294 g/mol. The molecule has 24 heavy (non-hydrogen) atoms. The van der Waals surface area contributed by atoms with Gasteiger partial charge >= 0.3 is 0 Å².